The van der Waals surface area contributed by atoms with Crippen molar-refractivity contribution in [1.82, 2.24) is 5.32 Å². The second-order valence-corrected chi connectivity index (χ2v) is 5.43. The smallest absolute Gasteiger partial charge is 0.294 e. The molecule has 1 aromatic carbocycles. The molecule has 0 amide bonds. The topological polar surface area (TPSA) is 58.4 Å². The van der Waals surface area contributed by atoms with Crippen molar-refractivity contribution in [2.45, 2.75) is 12.8 Å². The molecule has 0 aliphatic carbocycles. The van der Waals surface area contributed by atoms with Crippen LogP contribution in [0.3, 0.4) is 0 Å². The third kappa shape index (κ3) is 3.19. The van der Waals surface area contributed by atoms with Crippen LogP contribution in [-0.2, 0) is 0 Å². The summed E-state index contributed by atoms with van der Waals surface area (Å²) in [7, 11) is 1.88. The Balaban J connectivity index is 2.31. The molecule has 1 aliphatic rings. The van der Waals surface area contributed by atoms with Gasteiger partial charge in [-0.3, -0.25) is 10.1 Å². The van der Waals surface area contributed by atoms with Crippen molar-refractivity contribution in [2.24, 2.45) is 5.92 Å². The summed E-state index contributed by atoms with van der Waals surface area (Å²) in [4.78, 5) is 12.5. The largest absolute Gasteiger partial charge is 0.366 e. The molecule has 2 rings (SSSR count). The van der Waals surface area contributed by atoms with Gasteiger partial charge in [-0.25, -0.2) is 4.39 Å². The van der Waals surface area contributed by atoms with E-state index < -0.39 is 10.7 Å². The Morgan fingerprint density at radius 2 is 2.35 bits per heavy atom. The average Bonchev–Trinajstić information content (AvgIpc) is 2.42. The van der Waals surface area contributed by atoms with E-state index in [4.69, 9.17) is 11.6 Å². The van der Waals surface area contributed by atoms with Gasteiger partial charge in [0, 0.05) is 25.2 Å². The van der Waals surface area contributed by atoms with Crippen molar-refractivity contribution in [3.8, 4) is 0 Å². The summed E-state index contributed by atoms with van der Waals surface area (Å²) in [6, 6.07) is 2.26. The predicted octanol–water partition coefficient (Wildman–Crippen LogP) is 2.82. The lowest BCUT2D eigenvalue weighted by Crippen LogP contribution is -2.39. The maximum absolute atomic E-state index is 13.6. The molecule has 1 atom stereocenters. The number of nitrogens with one attached hydrogen (secondary N) is 1. The van der Waals surface area contributed by atoms with Gasteiger partial charge in [0.05, 0.1) is 9.95 Å². The molecule has 5 nitrogen and oxygen atoms in total. The second kappa shape index (κ2) is 6.37. The lowest BCUT2D eigenvalue weighted by molar-refractivity contribution is -0.384. The fourth-order valence-electron chi connectivity index (χ4n) is 2.66. The van der Waals surface area contributed by atoms with Crippen molar-refractivity contribution >= 4 is 23.0 Å². The van der Waals surface area contributed by atoms with Gasteiger partial charge in [-0.05, 0) is 32.4 Å². The third-order valence-corrected chi connectivity index (χ3v) is 3.86. The van der Waals surface area contributed by atoms with Gasteiger partial charge in [0.1, 0.15) is 11.5 Å². The van der Waals surface area contributed by atoms with E-state index in [1.807, 2.05) is 11.9 Å². The molecule has 7 heteroatoms. The number of halogens is 2. The highest BCUT2D eigenvalue weighted by molar-refractivity contribution is 6.31. The van der Waals surface area contributed by atoms with Gasteiger partial charge in [0.2, 0.25) is 0 Å². The Morgan fingerprint density at radius 3 is 3.00 bits per heavy atom. The SMILES string of the molecule is CNCC1CCCN(c2cc(F)c(Cl)cc2[N+](=O)[O-])C1. The zero-order chi connectivity index (χ0) is 14.7. The molecule has 1 N–H and O–H groups in total. The lowest BCUT2D eigenvalue weighted by Gasteiger charge is -2.34. The van der Waals surface area contributed by atoms with Gasteiger partial charge in [-0.2, -0.15) is 0 Å². The number of nitro groups is 1. The Kier molecular flexibility index (Phi) is 4.77. The van der Waals surface area contributed by atoms with E-state index in [1.165, 1.54) is 6.07 Å². The number of rotatable bonds is 4. The zero-order valence-electron chi connectivity index (χ0n) is 11.2. The Hall–Kier alpha value is -1.40. The first-order valence-electron chi connectivity index (χ1n) is 6.56. The van der Waals surface area contributed by atoms with E-state index in [0.717, 1.165) is 25.5 Å². The van der Waals surface area contributed by atoms with E-state index in [0.29, 0.717) is 24.7 Å². The summed E-state index contributed by atoms with van der Waals surface area (Å²) in [5.74, 6) is -0.213. The predicted molar refractivity (Wildman–Crippen MR) is 76.9 cm³/mol. The van der Waals surface area contributed by atoms with Crippen LogP contribution in [0, 0.1) is 21.8 Å². The standard InChI is InChI=1S/C13H17ClFN3O2/c1-16-7-9-3-2-4-17(8-9)12-6-11(15)10(14)5-13(12)18(19)20/h5-6,9,16H,2-4,7-8H2,1H3. The van der Waals surface area contributed by atoms with Crippen molar-refractivity contribution < 1.29 is 9.31 Å². The van der Waals surface area contributed by atoms with E-state index in [2.05, 4.69) is 5.32 Å². The first-order valence-corrected chi connectivity index (χ1v) is 6.93. The molecule has 1 unspecified atom stereocenters. The van der Waals surface area contributed by atoms with E-state index in [-0.39, 0.29) is 10.7 Å². The van der Waals surface area contributed by atoms with Crippen LogP contribution in [0.4, 0.5) is 15.8 Å². The van der Waals surface area contributed by atoms with Crippen molar-refractivity contribution in [3.63, 3.8) is 0 Å². The Morgan fingerprint density at radius 1 is 1.60 bits per heavy atom. The van der Waals surface area contributed by atoms with Crippen LogP contribution in [0.15, 0.2) is 12.1 Å². The quantitative estimate of drug-likeness (QED) is 0.686. The van der Waals surface area contributed by atoms with E-state index in [1.54, 1.807) is 0 Å². The number of anilines is 1. The van der Waals surface area contributed by atoms with Gasteiger partial charge < -0.3 is 10.2 Å². The molecule has 0 bridgehead atoms. The Bertz CT molecular complexity index is 511. The number of piperidine rings is 1. The van der Waals surface area contributed by atoms with E-state index in [9.17, 15) is 14.5 Å². The minimum absolute atomic E-state index is 0.137. The summed E-state index contributed by atoms with van der Waals surface area (Å²) >= 11 is 5.64. The molecule has 0 saturated carbocycles. The molecular weight excluding hydrogens is 285 g/mol. The fraction of sp³-hybridized carbons (Fsp3) is 0.538. The molecule has 0 aromatic heterocycles. The molecule has 0 radical (unpaired) electrons. The summed E-state index contributed by atoms with van der Waals surface area (Å²) in [6.45, 7) is 2.23. The normalized spacial score (nSPS) is 19.1. The van der Waals surface area contributed by atoms with E-state index >= 15 is 0 Å². The highest BCUT2D eigenvalue weighted by Crippen LogP contribution is 2.35. The fourth-order valence-corrected chi connectivity index (χ4v) is 2.82. The second-order valence-electron chi connectivity index (χ2n) is 5.02. The van der Waals surface area contributed by atoms with Gasteiger partial charge in [0.25, 0.3) is 5.69 Å². The first kappa shape index (κ1) is 15.0. The minimum atomic E-state index is -0.622. The highest BCUT2D eigenvalue weighted by Gasteiger charge is 2.26. The number of hydrogen-bond acceptors (Lipinski definition) is 4. The lowest BCUT2D eigenvalue weighted by atomic mass is 9.97. The maximum atomic E-state index is 13.6. The van der Waals surface area contributed by atoms with Crippen LogP contribution >= 0.6 is 11.6 Å². The number of hydrogen-bond donors (Lipinski definition) is 1. The molecule has 20 heavy (non-hydrogen) atoms. The molecule has 110 valence electrons. The number of nitrogens with zero attached hydrogens (tertiary/aromatic N) is 2. The monoisotopic (exact) mass is 301 g/mol. The molecular formula is C13H17ClFN3O2. The van der Waals surface area contributed by atoms with Crippen LogP contribution in [0.1, 0.15) is 12.8 Å². The molecule has 1 aromatic rings. The molecule has 1 fully saturated rings. The maximum Gasteiger partial charge on any atom is 0.294 e. The molecule has 1 saturated heterocycles. The summed E-state index contributed by atoms with van der Waals surface area (Å²) in [5.41, 5.74) is 0.180. The van der Waals surface area contributed by atoms with Crippen LogP contribution in [0.2, 0.25) is 5.02 Å². The third-order valence-electron chi connectivity index (χ3n) is 3.57. The molecule has 1 heterocycles. The van der Waals surface area contributed by atoms with Crippen molar-refractivity contribution in [2.75, 3.05) is 31.6 Å². The highest BCUT2D eigenvalue weighted by atomic mass is 35.5. The minimum Gasteiger partial charge on any atom is -0.366 e. The number of nitro benzene ring substituents is 1. The zero-order valence-corrected chi connectivity index (χ0v) is 12.0. The first-order chi connectivity index (χ1) is 9.52. The number of benzene rings is 1. The van der Waals surface area contributed by atoms with Crippen LogP contribution in [0.25, 0.3) is 0 Å². The summed E-state index contributed by atoms with van der Waals surface area (Å²) in [5, 5.41) is 14.0. The Labute approximate surface area is 121 Å². The van der Waals surface area contributed by atoms with Crippen LogP contribution < -0.4 is 10.2 Å². The van der Waals surface area contributed by atoms with Crippen molar-refractivity contribution in [3.05, 3.63) is 33.1 Å². The van der Waals surface area contributed by atoms with Crippen LogP contribution in [-0.4, -0.2) is 31.6 Å². The summed E-state index contributed by atoms with van der Waals surface area (Å²) < 4.78 is 13.6. The molecule has 0 spiro atoms. The van der Waals surface area contributed by atoms with Crippen LogP contribution in [0.5, 0.6) is 0 Å². The average molecular weight is 302 g/mol. The van der Waals surface area contributed by atoms with Crippen molar-refractivity contribution in [1.29, 1.82) is 0 Å². The van der Waals surface area contributed by atoms with Gasteiger partial charge in [-0.1, -0.05) is 11.6 Å². The van der Waals surface area contributed by atoms with Gasteiger partial charge in [-0.15, -0.1) is 0 Å². The molecule has 1 aliphatic heterocycles. The van der Waals surface area contributed by atoms with Gasteiger partial charge in [0.15, 0.2) is 0 Å². The summed E-state index contributed by atoms with van der Waals surface area (Å²) in [6.07, 6.45) is 2.01. The van der Waals surface area contributed by atoms with Gasteiger partial charge >= 0.3 is 0 Å².